The van der Waals surface area contributed by atoms with Crippen LogP contribution in [0, 0.1) is 5.92 Å². The molecule has 0 aliphatic carbocycles. The first-order chi connectivity index (χ1) is 9.15. The first-order valence-electron chi connectivity index (χ1n) is 7.43. The quantitative estimate of drug-likeness (QED) is 0.692. The van der Waals surface area contributed by atoms with Crippen LogP contribution in [0.3, 0.4) is 0 Å². The summed E-state index contributed by atoms with van der Waals surface area (Å²) in [5.74, 6) is 1.52. The number of aryl methyl sites for hydroxylation is 1. The molecule has 0 aliphatic rings. The fourth-order valence-corrected chi connectivity index (χ4v) is 2.05. The van der Waals surface area contributed by atoms with Crippen LogP contribution in [0.15, 0.2) is 12.1 Å². The molecule has 1 aromatic heterocycles. The molecule has 0 fully saturated rings. The van der Waals surface area contributed by atoms with Crippen molar-refractivity contribution in [3.05, 3.63) is 23.4 Å². The van der Waals surface area contributed by atoms with E-state index in [-0.39, 0.29) is 0 Å². The lowest BCUT2D eigenvalue weighted by Gasteiger charge is -2.10. The van der Waals surface area contributed by atoms with Gasteiger partial charge < -0.3 is 10.1 Å². The molecule has 1 rings (SSSR count). The lowest BCUT2D eigenvalue weighted by molar-refractivity contribution is 0.286. The number of nitrogens with zero attached hydrogens (tertiary/aromatic N) is 1. The average molecular weight is 264 g/mol. The molecule has 19 heavy (non-hydrogen) atoms. The van der Waals surface area contributed by atoms with Gasteiger partial charge in [0.05, 0.1) is 6.61 Å². The van der Waals surface area contributed by atoms with Gasteiger partial charge in [0.2, 0.25) is 5.88 Å². The Morgan fingerprint density at radius 2 is 2.11 bits per heavy atom. The maximum Gasteiger partial charge on any atom is 0.213 e. The van der Waals surface area contributed by atoms with E-state index in [4.69, 9.17) is 4.74 Å². The predicted octanol–water partition coefficient (Wildman–Crippen LogP) is 3.57. The minimum atomic E-state index is 0.739. The highest BCUT2D eigenvalue weighted by molar-refractivity contribution is 5.25. The van der Waals surface area contributed by atoms with Crippen molar-refractivity contribution >= 4 is 0 Å². The molecule has 0 aromatic carbocycles. The molecule has 0 spiro atoms. The van der Waals surface area contributed by atoms with Crippen molar-refractivity contribution in [1.29, 1.82) is 0 Å². The van der Waals surface area contributed by atoms with E-state index >= 15 is 0 Å². The minimum Gasteiger partial charge on any atom is -0.478 e. The zero-order valence-electron chi connectivity index (χ0n) is 12.8. The van der Waals surface area contributed by atoms with Gasteiger partial charge in [-0.25, -0.2) is 4.98 Å². The molecular weight excluding hydrogens is 236 g/mol. The Balaban J connectivity index is 2.59. The summed E-state index contributed by atoms with van der Waals surface area (Å²) >= 11 is 0. The number of hydrogen-bond acceptors (Lipinski definition) is 3. The van der Waals surface area contributed by atoms with Crippen LogP contribution in [-0.4, -0.2) is 18.6 Å². The Bertz CT molecular complexity index is 340. The number of rotatable bonds is 9. The summed E-state index contributed by atoms with van der Waals surface area (Å²) in [6, 6.07) is 4.21. The Hall–Kier alpha value is -1.09. The standard InChI is InChI=1S/C16H28N2O/c1-5-7-15-10-14(12-17-4)11-16(18-15)19-9-6-8-13(2)3/h10-11,13,17H,5-9,12H2,1-4H3. The molecule has 1 heterocycles. The maximum atomic E-state index is 5.79. The Labute approximate surface area is 117 Å². The predicted molar refractivity (Wildman–Crippen MR) is 80.6 cm³/mol. The van der Waals surface area contributed by atoms with Gasteiger partial charge in [-0.2, -0.15) is 0 Å². The second kappa shape index (κ2) is 8.92. The van der Waals surface area contributed by atoms with Gasteiger partial charge in [0.1, 0.15) is 0 Å². The van der Waals surface area contributed by atoms with E-state index in [1.807, 2.05) is 13.1 Å². The van der Waals surface area contributed by atoms with E-state index in [0.29, 0.717) is 0 Å². The molecule has 108 valence electrons. The van der Waals surface area contributed by atoms with Crippen molar-refractivity contribution in [2.75, 3.05) is 13.7 Å². The van der Waals surface area contributed by atoms with E-state index in [2.05, 4.69) is 37.1 Å². The van der Waals surface area contributed by atoms with Crippen molar-refractivity contribution in [1.82, 2.24) is 10.3 Å². The highest BCUT2D eigenvalue weighted by atomic mass is 16.5. The van der Waals surface area contributed by atoms with Gasteiger partial charge in [-0.1, -0.05) is 27.2 Å². The SMILES string of the molecule is CCCc1cc(CNC)cc(OCCCC(C)C)n1. The maximum absolute atomic E-state index is 5.79. The van der Waals surface area contributed by atoms with E-state index in [1.165, 1.54) is 12.0 Å². The largest absolute Gasteiger partial charge is 0.478 e. The summed E-state index contributed by atoms with van der Waals surface area (Å²) in [7, 11) is 1.96. The first kappa shape index (κ1) is 16.0. The van der Waals surface area contributed by atoms with Crippen LogP contribution in [0.5, 0.6) is 5.88 Å². The number of pyridine rings is 1. The summed E-state index contributed by atoms with van der Waals surface area (Å²) < 4.78 is 5.79. The molecule has 0 bridgehead atoms. The first-order valence-corrected chi connectivity index (χ1v) is 7.43. The number of hydrogen-bond donors (Lipinski definition) is 1. The molecule has 0 saturated carbocycles. The molecule has 0 amide bonds. The van der Waals surface area contributed by atoms with Gasteiger partial charge in [-0.15, -0.1) is 0 Å². The topological polar surface area (TPSA) is 34.1 Å². The number of ether oxygens (including phenoxy) is 1. The summed E-state index contributed by atoms with van der Waals surface area (Å²) in [5, 5.41) is 3.18. The van der Waals surface area contributed by atoms with Crippen LogP contribution < -0.4 is 10.1 Å². The van der Waals surface area contributed by atoms with Crippen LogP contribution in [0.2, 0.25) is 0 Å². The fraction of sp³-hybridized carbons (Fsp3) is 0.688. The van der Waals surface area contributed by atoms with Gasteiger partial charge in [-0.3, -0.25) is 0 Å². The molecule has 0 radical (unpaired) electrons. The zero-order chi connectivity index (χ0) is 14.1. The molecule has 3 heteroatoms. The van der Waals surface area contributed by atoms with Crippen LogP contribution in [0.1, 0.15) is 51.3 Å². The van der Waals surface area contributed by atoms with Gasteiger partial charge in [-0.05, 0) is 43.9 Å². The van der Waals surface area contributed by atoms with E-state index in [0.717, 1.165) is 49.9 Å². The van der Waals surface area contributed by atoms with Crippen molar-refractivity contribution in [2.24, 2.45) is 5.92 Å². The molecule has 3 nitrogen and oxygen atoms in total. The van der Waals surface area contributed by atoms with E-state index < -0.39 is 0 Å². The Kier molecular flexibility index (Phi) is 7.49. The second-order valence-corrected chi connectivity index (χ2v) is 5.47. The second-order valence-electron chi connectivity index (χ2n) is 5.47. The third-order valence-corrected chi connectivity index (χ3v) is 2.98. The highest BCUT2D eigenvalue weighted by Gasteiger charge is 2.04. The Morgan fingerprint density at radius 3 is 2.74 bits per heavy atom. The lowest BCUT2D eigenvalue weighted by Crippen LogP contribution is -2.08. The normalized spacial score (nSPS) is 11.0. The van der Waals surface area contributed by atoms with E-state index in [1.54, 1.807) is 0 Å². The third-order valence-electron chi connectivity index (χ3n) is 2.98. The number of nitrogens with one attached hydrogen (secondary N) is 1. The smallest absolute Gasteiger partial charge is 0.213 e. The van der Waals surface area contributed by atoms with Gasteiger partial charge in [0.25, 0.3) is 0 Å². The summed E-state index contributed by atoms with van der Waals surface area (Å²) in [5.41, 5.74) is 2.38. The lowest BCUT2D eigenvalue weighted by atomic mass is 10.1. The monoisotopic (exact) mass is 264 g/mol. The van der Waals surface area contributed by atoms with Crippen molar-refractivity contribution in [3.63, 3.8) is 0 Å². The van der Waals surface area contributed by atoms with Crippen LogP contribution in [0.4, 0.5) is 0 Å². The summed E-state index contributed by atoms with van der Waals surface area (Å²) in [6.07, 6.45) is 4.43. The van der Waals surface area contributed by atoms with Gasteiger partial charge in [0, 0.05) is 18.3 Å². The van der Waals surface area contributed by atoms with Crippen molar-refractivity contribution in [2.45, 2.75) is 53.0 Å². The fourth-order valence-electron chi connectivity index (χ4n) is 2.05. The molecule has 0 aliphatic heterocycles. The Morgan fingerprint density at radius 1 is 1.32 bits per heavy atom. The molecule has 0 atom stereocenters. The van der Waals surface area contributed by atoms with Crippen molar-refractivity contribution < 1.29 is 4.74 Å². The number of aromatic nitrogens is 1. The summed E-state index contributed by atoms with van der Waals surface area (Å²) in [4.78, 5) is 4.57. The van der Waals surface area contributed by atoms with Crippen molar-refractivity contribution in [3.8, 4) is 5.88 Å². The molecule has 1 N–H and O–H groups in total. The average Bonchev–Trinajstić information content (AvgIpc) is 2.35. The van der Waals surface area contributed by atoms with E-state index in [9.17, 15) is 0 Å². The third kappa shape index (κ3) is 6.58. The molecule has 0 unspecified atom stereocenters. The molecule has 0 saturated heterocycles. The van der Waals surface area contributed by atoms with Crippen LogP contribution in [0.25, 0.3) is 0 Å². The minimum absolute atomic E-state index is 0.739. The van der Waals surface area contributed by atoms with Crippen LogP contribution in [-0.2, 0) is 13.0 Å². The highest BCUT2D eigenvalue weighted by Crippen LogP contribution is 2.15. The summed E-state index contributed by atoms with van der Waals surface area (Å²) in [6.45, 7) is 8.28. The van der Waals surface area contributed by atoms with Gasteiger partial charge >= 0.3 is 0 Å². The molecule has 1 aromatic rings. The molecular formula is C16H28N2O. The zero-order valence-corrected chi connectivity index (χ0v) is 12.8. The van der Waals surface area contributed by atoms with Crippen LogP contribution >= 0.6 is 0 Å². The van der Waals surface area contributed by atoms with Gasteiger partial charge in [0.15, 0.2) is 0 Å².